The van der Waals surface area contributed by atoms with Crippen molar-refractivity contribution in [1.82, 2.24) is 4.90 Å². The largest absolute Gasteiger partial charge is 0.392 e. The van der Waals surface area contributed by atoms with Crippen molar-refractivity contribution in [2.24, 2.45) is 0 Å². The van der Waals surface area contributed by atoms with E-state index in [1.165, 1.54) is 0 Å². The fourth-order valence-corrected chi connectivity index (χ4v) is 1.92. The molecule has 16 heavy (non-hydrogen) atoms. The molecule has 4 nitrogen and oxygen atoms in total. The number of para-hydroxylation sites is 1. The molecule has 1 N–H and O–H groups in total. The van der Waals surface area contributed by atoms with Crippen LogP contribution in [0.15, 0.2) is 24.3 Å². The molecule has 0 radical (unpaired) electrons. The molecule has 1 saturated heterocycles. The van der Waals surface area contributed by atoms with Gasteiger partial charge in [0.25, 0.3) is 0 Å². The maximum absolute atomic E-state index is 11.6. The van der Waals surface area contributed by atoms with Crippen molar-refractivity contribution in [3.8, 4) is 0 Å². The van der Waals surface area contributed by atoms with Gasteiger partial charge in [0.05, 0.1) is 13.2 Å². The first kappa shape index (κ1) is 11.0. The maximum atomic E-state index is 11.6. The number of benzene rings is 1. The SMILES string of the molecule is CN1CCN(c2ccccc2CO)CC1=O. The van der Waals surface area contributed by atoms with Crippen LogP contribution in [0.5, 0.6) is 0 Å². The number of carbonyl (C=O) groups is 1. The molecule has 0 aliphatic carbocycles. The predicted octanol–water partition coefficient (Wildman–Crippen LogP) is 0.457. The molecule has 1 aromatic rings. The Balaban J connectivity index is 2.21. The first-order valence-electron chi connectivity index (χ1n) is 5.40. The van der Waals surface area contributed by atoms with Gasteiger partial charge in [-0.3, -0.25) is 4.79 Å². The van der Waals surface area contributed by atoms with E-state index in [4.69, 9.17) is 0 Å². The quantitative estimate of drug-likeness (QED) is 0.787. The molecule has 86 valence electrons. The molecule has 0 atom stereocenters. The number of carbonyl (C=O) groups excluding carboxylic acids is 1. The smallest absolute Gasteiger partial charge is 0.241 e. The Kier molecular flexibility index (Phi) is 3.10. The van der Waals surface area contributed by atoms with E-state index >= 15 is 0 Å². The van der Waals surface area contributed by atoms with E-state index in [0.717, 1.165) is 24.3 Å². The van der Waals surface area contributed by atoms with Crippen LogP contribution in [0.4, 0.5) is 5.69 Å². The highest BCUT2D eigenvalue weighted by molar-refractivity contribution is 5.82. The summed E-state index contributed by atoms with van der Waals surface area (Å²) in [5.74, 6) is 0.124. The van der Waals surface area contributed by atoms with Crippen LogP contribution in [0.2, 0.25) is 0 Å². The number of piperazine rings is 1. The van der Waals surface area contributed by atoms with Crippen molar-refractivity contribution in [2.75, 3.05) is 31.6 Å². The first-order chi connectivity index (χ1) is 7.72. The Morgan fingerprint density at radius 3 is 2.75 bits per heavy atom. The lowest BCUT2D eigenvalue weighted by atomic mass is 10.1. The van der Waals surface area contributed by atoms with Gasteiger partial charge in [0.15, 0.2) is 0 Å². The van der Waals surface area contributed by atoms with Crippen molar-refractivity contribution in [3.05, 3.63) is 29.8 Å². The van der Waals surface area contributed by atoms with E-state index in [-0.39, 0.29) is 12.5 Å². The van der Waals surface area contributed by atoms with Crippen LogP contribution in [0.1, 0.15) is 5.56 Å². The van der Waals surface area contributed by atoms with Gasteiger partial charge in [-0.15, -0.1) is 0 Å². The zero-order valence-corrected chi connectivity index (χ0v) is 9.39. The number of nitrogens with zero attached hydrogens (tertiary/aromatic N) is 2. The molecule has 4 heteroatoms. The normalized spacial score (nSPS) is 16.8. The summed E-state index contributed by atoms with van der Waals surface area (Å²) >= 11 is 0. The van der Waals surface area contributed by atoms with Crippen LogP contribution >= 0.6 is 0 Å². The Hall–Kier alpha value is -1.55. The summed E-state index contributed by atoms with van der Waals surface area (Å²) in [6, 6.07) is 7.66. The molecule has 1 heterocycles. The lowest BCUT2D eigenvalue weighted by Gasteiger charge is -2.34. The monoisotopic (exact) mass is 220 g/mol. The van der Waals surface area contributed by atoms with Gasteiger partial charge in [0, 0.05) is 31.4 Å². The van der Waals surface area contributed by atoms with E-state index in [0.29, 0.717) is 6.54 Å². The third-order valence-corrected chi connectivity index (χ3v) is 2.96. The molecule has 0 aromatic heterocycles. The Morgan fingerprint density at radius 2 is 2.06 bits per heavy atom. The van der Waals surface area contributed by atoms with Crippen LogP contribution in [-0.4, -0.2) is 42.6 Å². The predicted molar refractivity (Wildman–Crippen MR) is 62.2 cm³/mol. The van der Waals surface area contributed by atoms with E-state index in [9.17, 15) is 9.90 Å². The van der Waals surface area contributed by atoms with E-state index in [1.54, 1.807) is 4.90 Å². The number of amides is 1. The molecule has 2 rings (SSSR count). The van der Waals surface area contributed by atoms with Gasteiger partial charge in [-0.25, -0.2) is 0 Å². The summed E-state index contributed by atoms with van der Waals surface area (Å²) in [5, 5.41) is 9.24. The van der Waals surface area contributed by atoms with Crippen LogP contribution in [0.3, 0.4) is 0 Å². The summed E-state index contributed by atoms with van der Waals surface area (Å²) in [6.45, 7) is 1.96. The summed E-state index contributed by atoms with van der Waals surface area (Å²) in [4.78, 5) is 15.4. The van der Waals surface area contributed by atoms with Gasteiger partial charge in [0.1, 0.15) is 0 Å². The zero-order chi connectivity index (χ0) is 11.5. The molecule has 0 spiro atoms. The van der Waals surface area contributed by atoms with Crippen molar-refractivity contribution in [1.29, 1.82) is 0 Å². The molecule has 0 unspecified atom stereocenters. The van der Waals surface area contributed by atoms with Gasteiger partial charge >= 0.3 is 0 Å². The van der Waals surface area contributed by atoms with Crippen molar-refractivity contribution in [3.63, 3.8) is 0 Å². The number of hydrogen-bond donors (Lipinski definition) is 1. The standard InChI is InChI=1S/C12H16N2O2/c1-13-6-7-14(8-12(13)16)11-5-3-2-4-10(11)9-15/h2-5,15H,6-9H2,1H3. The number of aliphatic hydroxyl groups is 1. The second kappa shape index (κ2) is 4.53. The maximum Gasteiger partial charge on any atom is 0.241 e. The molecule has 0 saturated carbocycles. The Morgan fingerprint density at radius 1 is 1.31 bits per heavy atom. The Bertz CT molecular complexity index is 392. The van der Waals surface area contributed by atoms with Crippen LogP contribution in [0, 0.1) is 0 Å². The summed E-state index contributed by atoms with van der Waals surface area (Å²) in [7, 11) is 1.82. The highest BCUT2D eigenvalue weighted by atomic mass is 16.3. The summed E-state index contributed by atoms with van der Waals surface area (Å²) < 4.78 is 0. The molecular formula is C12H16N2O2. The second-order valence-electron chi connectivity index (χ2n) is 4.02. The molecule has 1 aliphatic heterocycles. The number of rotatable bonds is 2. The lowest BCUT2D eigenvalue weighted by molar-refractivity contribution is -0.129. The number of aliphatic hydroxyl groups excluding tert-OH is 1. The first-order valence-corrected chi connectivity index (χ1v) is 5.40. The topological polar surface area (TPSA) is 43.8 Å². The molecular weight excluding hydrogens is 204 g/mol. The third-order valence-electron chi connectivity index (χ3n) is 2.96. The number of likely N-dealkylation sites (N-methyl/N-ethyl adjacent to an activating group) is 1. The van der Waals surface area contributed by atoms with E-state index < -0.39 is 0 Å². The average Bonchev–Trinajstić information content (AvgIpc) is 2.32. The van der Waals surface area contributed by atoms with Crippen molar-refractivity contribution in [2.45, 2.75) is 6.61 Å². The Labute approximate surface area is 95.1 Å². The van der Waals surface area contributed by atoms with Crippen molar-refractivity contribution < 1.29 is 9.90 Å². The zero-order valence-electron chi connectivity index (χ0n) is 9.39. The molecule has 1 fully saturated rings. The second-order valence-corrected chi connectivity index (χ2v) is 4.02. The van der Waals surface area contributed by atoms with E-state index in [1.807, 2.05) is 36.2 Å². The van der Waals surface area contributed by atoms with Crippen LogP contribution in [0.25, 0.3) is 0 Å². The van der Waals surface area contributed by atoms with Gasteiger partial charge in [0.2, 0.25) is 5.91 Å². The molecule has 1 aromatic carbocycles. The van der Waals surface area contributed by atoms with Crippen LogP contribution in [-0.2, 0) is 11.4 Å². The number of anilines is 1. The van der Waals surface area contributed by atoms with E-state index in [2.05, 4.69) is 0 Å². The fourth-order valence-electron chi connectivity index (χ4n) is 1.92. The minimum atomic E-state index is 0.0106. The molecule has 1 aliphatic rings. The molecule has 1 amide bonds. The van der Waals surface area contributed by atoms with Gasteiger partial charge in [-0.1, -0.05) is 18.2 Å². The summed E-state index contributed by atoms with van der Waals surface area (Å²) in [6.07, 6.45) is 0. The minimum absolute atomic E-state index is 0.0106. The van der Waals surface area contributed by atoms with Gasteiger partial charge in [-0.2, -0.15) is 0 Å². The van der Waals surface area contributed by atoms with Crippen molar-refractivity contribution >= 4 is 11.6 Å². The minimum Gasteiger partial charge on any atom is -0.392 e. The highest BCUT2D eigenvalue weighted by Gasteiger charge is 2.22. The fraction of sp³-hybridized carbons (Fsp3) is 0.417. The average molecular weight is 220 g/mol. The third kappa shape index (κ3) is 2.02. The lowest BCUT2D eigenvalue weighted by Crippen LogP contribution is -2.48. The number of hydrogen-bond acceptors (Lipinski definition) is 3. The summed E-state index contributed by atoms with van der Waals surface area (Å²) in [5.41, 5.74) is 1.84. The highest BCUT2D eigenvalue weighted by Crippen LogP contribution is 2.21. The van der Waals surface area contributed by atoms with Gasteiger partial charge in [-0.05, 0) is 6.07 Å². The molecule has 0 bridgehead atoms. The van der Waals surface area contributed by atoms with Crippen LogP contribution < -0.4 is 4.90 Å². The van der Waals surface area contributed by atoms with Gasteiger partial charge < -0.3 is 14.9 Å².